The van der Waals surface area contributed by atoms with Crippen LogP contribution in [0.5, 0.6) is 0 Å². The number of aromatic nitrogens is 1. The zero-order valence-electron chi connectivity index (χ0n) is 10.8. The number of nitrogens with zero attached hydrogens (tertiary/aromatic N) is 1. The van der Waals surface area contributed by atoms with Gasteiger partial charge >= 0.3 is 0 Å². The molecule has 0 saturated carbocycles. The summed E-state index contributed by atoms with van der Waals surface area (Å²) in [6, 6.07) is 8.22. The van der Waals surface area contributed by atoms with Crippen LogP contribution in [0.1, 0.15) is 30.9 Å². The summed E-state index contributed by atoms with van der Waals surface area (Å²) in [4.78, 5) is 17.1. The van der Waals surface area contributed by atoms with E-state index >= 15 is 0 Å². The highest BCUT2D eigenvalue weighted by molar-refractivity contribution is 5.85. The average Bonchev–Trinajstić information content (AvgIpc) is 2.85. The first kappa shape index (κ1) is 12.2. The van der Waals surface area contributed by atoms with Gasteiger partial charge in [-0.1, -0.05) is 18.2 Å². The summed E-state index contributed by atoms with van der Waals surface area (Å²) < 4.78 is 0. The minimum absolute atomic E-state index is 0.0184. The van der Waals surface area contributed by atoms with Crippen molar-refractivity contribution in [1.29, 1.82) is 0 Å². The summed E-state index contributed by atoms with van der Waals surface area (Å²) in [5.74, 6) is 0.149. The van der Waals surface area contributed by atoms with Gasteiger partial charge in [0.1, 0.15) is 0 Å². The molecule has 1 saturated heterocycles. The topological polar surface area (TPSA) is 56.3 Å². The number of aliphatic hydroxyl groups excluding tert-OH is 1. The summed E-state index contributed by atoms with van der Waals surface area (Å²) in [7, 11) is 0. The largest absolute Gasteiger partial charge is 0.395 e. The van der Waals surface area contributed by atoms with E-state index in [0.29, 0.717) is 13.0 Å². The number of aromatic amines is 1. The predicted molar refractivity (Wildman–Crippen MR) is 73.7 cm³/mol. The molecule has 1 unspecified atom stereocenters. The third kappa shape index (κ3) is 2.12. The molecule has 1 amide bonds. The van der Waals surface area contributed by atoms with E-state index in [1.54, 1.807) is 0 Å². The fraction of sp³-hybridized carbons (Fsp3) is 0.400. The molecule has 1 aliphatic heterocycles. The van der Waals surface area contributed by atoms with Crippen LogP contribution < -0.4 is 0 Å². The minimum atomic E-state index is 0.0184. The zero-order valence-corrected chi connectivity index (χ0v) is 10.8. The molecule has 1 atom stereocenters. The van der Waals surface area contributed by atoms with Gasteiger partial charge in [0.25, 0.3) is 0 Å². The summed E-state index contributed by atoms with van der Waals surface area (Å²) in [6.45, 7) is 0.438. The summed E-state index contributed by atoms with van der Waals surface area (Å²) in [5.41, 5.74) is 2.26. The van der Waals surface area contributed by atoms with Crippen LogP contribution in [0.25, 0.3) is 10.9 Å². The number of benzene rings is 1. The number of nitrogens with one attached hydrogen (secondary N) is 1. The molecule has 0 bridgehead atoms. The standard InChI is InChI=1S/C15H18N2O2/c18-9-8-17-14(6-3-7-15(17)19)12-10-16-13-5-2-1-4-11(12)13/h1-2,4-5,10,14,16,18H,3,6-9H2. The molecular formula is C15H18N2O2. The summed E-state index contributed by atoms with van der Waals surface area (Å²) in [6.07, 6.45) is 4.48. The van der Waals surface area contributed by atoms with E-state index < -0.39 is 0 Å². The Morgan fingerprint density at radius 1 is 1.37 bits per heavy atom. The third-order valence-corrected chi connectivity index (χ3v) is 3.89. The average molecular weight is 258 g/mol. The van der Waals surface area contributed by atoms with Crippen molar-refractivity contribution in [3.05, 3.63) is 36.0 Å². The first-order valence-corrected chi connectivity index (χ1v) is 6.77. The number of piperidine rings is 1. The Hall–Kier alpha value is -1.81. The maximum Gasteiger partial charge on any atom is 0.223 e. The van der Waals surface area contributed by atoms with E-state index in [0.717, 1.165) is 23.9 Å². The number of hydrogen-bond acceptors (Lipinski definition) is 2. The first-order chi connectivity index (χ1) is 9.31. The van der Waals surface area contributed by atoms with Gasteiger partial charge in [-0.05, 0) is 24.5 Å². The van der Waals surface area contributed by atoms with Gasteiger partial charge in [-0.25, -0.2) is 0 Å². The Morgan fingerprint density at radius 2 is 2.21 bits per heavy atom. The highest BCUT2D eigenvalue weighted by atomic mass is 16.3. The quantitative estimate of drug-likeness (QED) is 0.887. The molecule has 100 valence electrons. The Morgan fingerprint density at radius 3 is 3.05 bits per heavy atom. The van der Waals surface area contributed by atoms with Crippen LogP contribution in [0, 0.1) is 0 Å². The number of para-hydroxylation sites is 1. The van der Waals surface area contributed by atoms with Crippen LogP contribution in [0.15, 0.2) is 30.5 Å². The van der Waals surface area contributed by atoms with Crippen LogP contribution >= 0.6 is 0 Å². The number of carbonyl (C=O) groups is 1. The van der Waals surface area contributed by atoms with Crippen molar-refractivity contribution < 1.29 is 9.90 Å². The molecule has 1 aliphatic rings. The third-order valence-electron chi connectivity index (χ3n) is 3.89. The maximum atomic E-state index is 12.0. The second-order valence-electron chi connectivity index (χ2n) is 5.01. The molecule has 1 aromatic carbocycles. The van der Waals surface area contributed by atoms with Gasteiger partial charge in [-0.3, -0.25) is 4.79 Å². The molecule has 2 N–H and O–H groups in total. The lowest BCUT2D eigenvalue weighted by atomic mass is 9.94. The summed E-state index contributed by atoms with van der Waals surface area (Å²) >= 11 is 0. The zero-order chi connectivity index (χ0) is 13.2. The van der Waals surface area contributed by atoms with Gasteiger partial charge in [0.05, 0.1) is 12.6 Å². The number of fused-ring (bicyclic) bond motifs is 1. The van der Waals surface area contributed by atoms with Crippen molar-refractivity contribution in [1.82, 2.24) is 9.88 Å². The number of hydrogen-bond donors (Lipinski definition) is 2. The van der Waals surface area contributed by atoms with Crippen LogP contribution in [-0.2, 0) is 4.79 Å². The molecule has 4 nitrogen and oxygen atoms in total. The van der Waals surface area contributed by atoms with E-state index in [1.165, 1.54) is 5.39 Å². The number of carbonyl (C=O) groups excluding carboxylic acids is 1. The molecule has 19 heavy (non-hydrogen) atoms. The van der Waals surface area contributed by atoms with Crippen LogP contribution in [0.4, 0.5) is 0 Å². The number of β-amino-alcohol motifs (C(OH)–C–C–N with tert-alkyl or cyclic N) is 1. The van der Waals surface area contributed by atoms with E-state index in [1.807, 2.05) is 29.3 Å². The Labute approximate surface area is 112 Å². The number of likely N-dealkylation sites (tertiary alicyclic amines) is 1. The molecule has 3 rings (SSSR count). The smallest absolute Gasteiger partial charge is 0.223 e. The molecule has 0 spiro atoms. The second-order valence-corrected chi connectivity index (χ2v) is 5.01. The minimum Gasteiger partial charge on any atom is -0.395 e. The fourth-order valence-corrected chi connectivity index (χ4v) is 3.00. The molecule has 0 radical (unpaired) electrons. The Bertz CT molecular complexity index is 591. The van der Waals surface area contributed by atoms with Crippen molar-refractivity contribution in [2.75, 3.05) is 13.2 Å². The molecule has 2 aromatic rings. The number of H-pyrrole nitrogens is 1. The highest BCUT2D eigenvalue weighted by Crippen LogP contribution is 2.35. The van der Waals surface area contributed by atoms with E-state index in [4.69, 9.17) is 5.11 Å². The number of aliphatic hydroxyl groups is 1. The summed E-state index contributed by atoms with van der Waals surface area (Å²) in [5, 5.41) is 10.3. The molecule has 2 heterocycles. The SMILES string of the molecule is O=C1CCCC(c2c[nH]c3ccccc23)N1CCO. The predicted octanol–water partition coefficient (Wildman–Crippen LogP) is 2.21. The Kier molecular flexibility index (Phi) is 3.25. The van der Waals surface area contributed by atoms with E-state index in [2.05, 4.69) is 11.1 Å². The van der Waals surface area contributed by atoms with Crippen LogP contribution in [0.3, 0.4) is 0 Å². The van der Waals surface area contributed by atoms with Crippen molar-refractivity contribution in [3.8, 4) is 0 Å². The van der Waals surface area contributed by atoms with Gasteiger partial charge in [0.15, 0.2) is 0 Å². The van der Waals surface area contributed by atoms with Crippen molar-refractivity contribution in [3.63, 3.8) is 0 Å². The molecule has 1 aromatic heterocycles. The fourth-order valence-electron chi connectivity index (χ4n) is 3.00. The number of amides is 1. The normalized spacial score (nSPS) is 20.2. The van der Waals surface area contributed by atoms with Gasteiger partial charge in [-0.15, -0.1) is 0 Å². The van der Waals surface area contributed by atoms with Gasteiger partial charge < -0.3 is 15.0 Å². The maximum absolute atomic E-state index is 12.0. The van der Waals surface area contributed by atoms with Crippen molar-refractivity contribution in [2.45, 2.75) is 25.3 Å². The number of rotatable bonds is 3. The van der Waals surface area contributed by atoms with Crippen LogP contribution in [0.2, 0.25) is 0 Å². The molecule has 0 aliphatic carbocycles. The van der Waals surface area contributed by atoms with Crippen molar-refractivity contribution >= 4 is 16.8 Å². The molecule has 1 fully saturated rings. The van der Waals surface area contributed by atoms with Gasteiger partial charge in [0, 0.05) is 30.1 Å². The molecule has 4 heteroatoms. The van der Waals surface area contributed by atoms with Crippen LogP contribution in [-0.4, -0.2) is 34.0 Å². The Balaban J connectivity index is 2.01. The lowest BCUT2D eigenvalue weighted by Gasteiger charge is -2.35. The first-order valence-electron chi connectivity index (χ1n) is 6.77. The van der Waals surface area contributed by atoms with Gasteiger partial charge in [0.2, 0.25) is 5.91 Å². The van der Waals surface area contributed by atoms with Crippen molar-refractivity contribution in [2.24, 2.45) is 0 Å². The second kappa shape index (κ2) is 5.05. The lowest BCUT2D eigenvalue weighted by molar-refractivity contribution is -0.137. The monoisotopic (exact) mass is 258 g/mol. The highest BCUT2D eigenvalue weighted by Gasteiger charge is 2.30. The van der Waals surface area contributed by atoms with Gasteiger partial charge in [-0.2, -0.15) is 0 Å². The molecular weight excluding hydrogens is 240 g/mol. The lowest BCUT2D eigenvalue weighted by Crippen LogP contribution is -2.39. The van der Waals surface area contributed by atoms with E-state index in [-0.39, 0.29) is 18.6 Å². The van der Waals surface area contributed by atoms with E-state index in [9.17, 15) is 4.79 Å².